The molecule has 1 aliphatic heterocycles. The van der Waals surface area contributed by atoms with Crippen molar-refractivity contribution in [3.63, 3.8) is 0 Å². The molecule has 0 spiro atoms. The van der Waals surface area contributed by atoms with Crippen molar-refractivity contribution in [1.29, 1.82) is 0 Å². The zero-order valence-corrected chi connectivity index (χ0v) is 15.7. The van der Waals surface area contributed by atoms with Gasteiger partial charge in [0, 0.05) is 11.3 Å². The van der Waals surface area contributed by atoms with E-state index < -0.39 is 0 Å². The first-order chi connectivity index (χ1) is 12.6. The first-order valence-electron chi connectivity index (χ1n) is 8.68. The van der Waals surface area contributed by atoms with Gasteiger partial charge in [-0.25, -0.2) is 0 Å². The minimum atomic E-state index is -0.297. The fraction of sp³-hybridized carbons (Fsp3) is 0.300. The molecule has 1 heterocycles. The predicted octanol–water partition coefficient (Wildman–Crippen LogP) is 4.45. The number of carbonyl (C=O) groups is 1. The lowest BCUT2D eigenvalue weighted by Crippen LogP contribution is -2.34. The van der Waals surface area contributed by atoms with Gasteiger partial charge in [-0.05, 0) is 60.5 Å². The Bertz CT molecular complexity index is 805. The summed E-state index contributed by atoms with van der Waals surface area (Å²) in [5.41, 5.74) is 2.60. The largest absolute Gasteiger partial charge is 0.454 e. The van der Waals surface area contributed by atoms with Crippen LogP contribution in [0.5, 0.6) is 11.5 Å². The molecule has 1 atom stereocenters. The molecular formula is C20H22N2O3S. The van der Waals surface area contributed by atoms with Gasteiger partial charge in [0.2, 0.25) is 6.79 Å². The number of hydrogen-bond donors (Lipinski definition) is 2. The molecule has 6 heteroatoms. The van der Waals surface area contributed by atoms with Crippen molar-refractivity contribution < 1.29 is 14.3 Å². The van der Waals surface area contributed by atoms with E-state index in [1.807, 2.05) is 12.1 Å². The molecule has 2 N–H and O–H groups in total. The van der Waals surface area contributed by atoms with E-state index >= 15 is 0 Å². The number of anilines is 1. The van der Waals surface area contributed by atoms with Crippen LogP contribution in [0, 0.1) is 0 Å². The van der Waals surface area contributed by atoms with E-state index in [2.05, 4.69) is 36.6 Å². The van der Waals surface area contributed by atoms with Crippen molar-refractivity contribution >= 4 is 28.9 Å². The molecule has 5 nitrogen and oxygen atoms in total. The highest BCUT2D eigenvalue weighted by Crippen LogP contribution is 2.32. The van der Waals surface area contributed by atoms with Crippen LogP contribution < -0.4 is 20.1 Å². The lowest BCUT2D eigenvalue weighted by molar-refractivity contribution is 0.0977. The van der Waals surface area contributed by atoms with Crippen molar-refractivity contribution in [2.45, 2.75) is 32.6 Å². The highest BCUT2D eigenvalue weighted by molar-refractivity contribution is 7.80. The quantitative estimate of drug-likeness (QED) is 0.762. The van der Waals surface area contributed by atoms with E-state index in [9.17, 15) is 4.79 Å². The summed E-state index contributed by atoms with van der Waals surface area (Å²) in [5, 5.41) is 5.97. The fourth-order valence-corrected chi connectivity index (χ4v) is 3.08. The normalized spacial score (nSPS) is 13.2. The van der Waals surface area contributed by atoms with E-state index in [0.717, 1.165) is 18.5 Å². The maximum Gasteiger partial charge on any atom is 0.257 e. The van der Waals surface area contributed by atoms with Crippen LogP contribution in [-0.4, -0.2) is 17.8 Å². The summed E-state index contributed by atoms with van der Waals surface area (Å²) < 4.78 is 10.5. The zero-order chi connectivity index (χ0) is 18.5. The van der Waals surface area contributed by atoms with Gasteiger partial charge in [0.25, 0.3) is 5.91 Å². The Morgan fingerprint density at radius 2 is 1.88 bits per heavy atom. The average Bonchev–Trinajstić information content (AvgIpc) is 3.10. The van der Waals surface area contributed by atoms with Crippen molar-refractivity contribution in [2.24, 2.45) is 0 Å². The van der Waals surface area contributed by atoms with Gasteiger partial charge < -0.3 is 14.8 Å². The van der Waals surface area contributed by atoms with Crippen LogP contribution in [0.3, 0.4) is 0 Å². The molecule has 136 valence electrons. The molecule has 0 saturated carbocycles. The second kappa shape index (κ2) is 8.19. The van der Waals surface area contributed by atoms with Gasteiger partial charge in [0.05, 0.1) is 0 Å². The van der Waals surface area contributed by atoms with Crippen LogP contribution in [0.2, 0.25) is 0 Å². The van der Waals surface area contributed by atoms with Crippen LogP contribution in [0.4, 0.5) is 5.69 Å². The molecule has 1 amide bonds. The third-order valence-corrected chi connectivity index (χ3v) is 4.53. The Morgan fingerprint density at radius 3 is 2.62 bits per heavy atom. The molecule has 2 aromatic rings. The number of nitrogens with one attached hydrogen (secondary N) is 2. The lowest BCUT2D eigenvalue weighted by atomic mass is 9.96. The Kier molecular flexibility index (Phi) is 5.73. The molecular weight excluding hydrogens is 348 g/mol. The van der Waals surface area contributed by atoms with Crippen LogP contribution >= 0.6 is 12.2 Å². The summed E-state index contributed by atoms with van der Waals surface area (Å²) in [6, 6.07) is 13.2. The predicted molar refractivity (Wildman–Crippen MR) is 106 cm³/mol. The fourth-order valence-electron chi connectivity index (χ4n) is 2.87. The summed E-state index contributed by atoms with van der Waals surface area (Å²) in [7, 11) is 0. The van der Waals surface area contributed by atoms with Crippen molar-refractivity contribution in [1.82, 2.24) is 5.32 Å². The smallest absolute Gasteiger partial charge is 0.257 e. The van der Waals surface area contributed by atoms with Gasteiger partial charge >= 0.3 is 0 Å². The van der Waals surface area contributed by atoms with Gasteiger partial charge in [-0.1, -0.05) is 32.4 Å². The van der Waals surface area contributed by atoms with Gasteiger partial charge in [0.1, 0.15) is 0 Å². The number of rotatable bonds is 5. The van der Waals surface area contributed by atoms with Crippen LogP contribution in [-0.2, 0) is 0 Å². The van der Waals surface area contributed by atoms with Gasteiger partial charge in [-0.3, -0.25) is 10.1 Å². The number of carbonyl (C=O) groups excluding carboxylic acids is 1. The summed E-state index contributed by atoms with van der Waals surface area (Å²) in [4.78, 5) is 12.3. The third-order valence-electron chi connectivity index (χ3n) is 4.32. The van der Waals surface area contributed by atoms with Crippen LogP contribution in [0.1, 0.15) is 48.5 Å². The molecule has 0 saturated heterocycles. The second-order valence-electron chi connectivity index (χ2n) is 6.29. The maximum atomic E-state index is 12.3. The first-order valence-corrected chi connectivity index (χ1v) is 9.09. The zero-order valence-electron chi connectivity index (χ0n) is 14.9. The Labute approximate surface area is 158 Å². The molecule has 0 unspecified atom stereocenters. The first kappa shape index (κ1) is 18.2. The molecule has 3 rings (SSSR count). The summed E-state index contributed by atoms with van der Waals surface area (Å²) in [6.45, 7) is 4.59. The molecule has 0 aliphatic carbocycles. The number of thiocarbonyl (C=S) groups is 1. The van der Waals surface area contributed by atoms with Gasteiger partial charge in [-0.15, -0.1) is 0 Å². The van der Waals surface area contributed by atoms with E-state index in [4.69, 9.17) is 21.7 Å². The third kappa shape index (κ3) is 4.32. The van der Waals surface area contributed by atoms with Crippen LogP contribution in [0.15, 0.2) is 42.5 Å². The van der Waals surface area contributed by atoms with Crippen molar-refractivity contribution in [3.8, 4) is 11.5 Å². The molecule has 0 bridgehead atoms. The Balaban J connectivity index is 1.57. The molecule has 2 aromatic carbocycles. The van der Waals surface area contributed by atoms with E-state index in [1.165, 1.54) is 5.56 Å². The molecule has 0 fully saturated rings. The number of fused-ring (bicyclic) bond motifs is 1. The number of ether oxygens (including phenoxy) is 2. The van der Waals surface area contributed by atoms with E-state index in [1.54, 1.807) is 18.2 Å². The highest BCUT2D eigenvalue weighted by Gasteiger charge is 2.16. The Hall–Kier alpha value is -2.60. The minimum absolute atomic E-state index is 0.174. The molecule has 1 aliphatic rings. The van der Waals surface area contributed by atoms with Gasteiger partial charge in [0.15, 0.2) is 16.6 Å². The van der Waals surface area contributed by atoms with Crippen molar-refractivity contribution in [3.05, 3.63) is 53.6 Å². The number of amides is 1. The Morgan fingerprint density at radius 1 is 1.15 bits per heavy atom. The summed E-state index contributed by atoms with van der Waals surface area (Å²) in [5.74, 6) is 1.44. The van der Waals surface area contributed by atoms with Crippen LogP contribution in [0.25, 0.3) is 0 Å². The standard InChI is InChI=1S/C20H22N2O3S/c1-3-4-13(2)14-5-8-16(9-6-14)21-20(26)22-19(23)15-7-10-17-18(11-15)25-12-24-17/h5-11,13H,3-4,12H2,1-2H3,(H2,21,22,23,26)/t13-/m1/s1. The number of benzene rings is 2. The van der Waals surface area contributed by atoms with E-state index in [-0.39, 0.29) is 17.8 Å². The topological polar surface area (TPSA) is 59.6 Å². The lowest BCUT2D eigenvalue weighted by Gasteiger charge is -2.13. The highest BCUT2D eigenvalue weighted by atomic mass is 32.1. The number of hydrogen-bond acceptors (Lipinski definition) is 4. The van der Waals surface area contributed by atoms with E-state index in [0.29, 0.717) is 23.0 Å². The average molecular weight is 370 g/mol. The minimum Gasteiger partial charge on any atom is -0.454 e. The maximum absolute atomic E-state index is 12.3. The SMILES string of the molecule is CCC[C@@H](C)c1ccc(NC(=S)NC(=O)c2ccc3c(c2)OCO3)cc1. The van der Waals surface area contributed by atoms with Crippen molar-refractivity contribution in [2.75, 3.05) is 12.1 Å². The monoisotopic (exact) mass is 370 g/mol. The molecule has 0 aromatic heterocycles. The summed E-state index contributed by atoms with van der Waals surface area (Å²) in [6.07, 6.45) is 2.33. The summed E-state index contributed by atoms with van der Waals surface area (Å²) >= 11 is 5.24. The molecule has 0 radical (unpaired) electrons. The van der Waals surface area contributed by atoms with Gasteiger partial charge in [-0.2, -0.15) is 0 Å². The molecule has 26 heavy (non-hydrogen) atoms. The second-order valence-corrected chi connectivity index (χ2v) is 6.70.